The molecule has 2 rings (SSSR count). The van der Waals surface area contributed by atoms with Crippen LogP contribution < -0.4 is 5.73 Å². The van der Waals surface area contributed by atoms with Gasteiger partial charge in [-0.15, -0.1) is 0 Å². The number of hydrogen-bond acceptors (Lipinski definition) is 4. The number of nitrogens with one attached hydrogen (secondary N) is 1. The van der Waals surface area contributed by atoms with Crippen molar-refractivity contribution >= 4 is 11.0 Å². The summed E-state index contributed by atoms with van der Waals surface area (Å²) < 4.78 is 10.3. The molecule has 17 heavy (non-hydrogen) atoms. The molecule has 0 fully saturated rings. The number of H-pyrrole nitrogens is 1. The number of imidazole rings is 1. The number of para-hydroxylation sites is 1. The second-order valence-electron chi connectivity index (χ2n) is 3.75. The quantitative estimate of drug-likeness (QED) is 0.737. The van der Waals surface area contributed by atoms with Crippen molar-refractivity contribution in [1.82, 2.24) is 9.97 Å². The lowest BCUT2D eigenvalue weighted by molar-refractivity contribution is 0.0590. The number of aromatic nitrogens is 2. The van der Waals surface area contributed by atoms with E-state index in [1.54, 1.807) is 7.11 Å². The van der Waals surface area contributed by atoms with Gasteiger partial charge in [0.1, 0.15) is 12.4 Å². The molecule has 0 bridgehead atoms. The van der Waals surface area contributed by atoms with Gasteiger partial charge in [-0.05, 0) is 11.6 Å². The molecule has 0 saturated heterocycles. The van der Waals surface area contributed by atoms with Gasteiger partial charge in [0.05, 0.1) is 24.2 Å². The highest BCUT2D eigenvalue weighted by molar-refractivity contribution is 5.78. The van der Waals surface area contributed by atoms with E-state index in [4.69, 9.17) is 15.2 Å². The van der Waals surface area contributed by atoms with Crippen LogP contribution in [0.15, 0.2) is 18.2 Å². The molecule has 0 atom stereocenters. The monoisotopic (exact) mass is 235 g/mol. The minimum Gasteiger partial charge on any atom is -0.382 e. The highest BCUT2D eigenvalue weighted by Gasteiger charge is 2.05. The van der Waals surface area contributed by atoms with E-state index in [-0.39, 0.29) is 0 Å². The van der Waals surface area contributed by atoms with Crippen LogP contribution in [0.1, 0.15) is 11.4 Å². The Bertz CT molecular complexity index is 482. The first-order valence-electron chi connectivity index (χ1n) is 5.58. The standard InChI is InChI=1S/C12H17N3O2/c1-16-5-6-17-8-11-14-10-4-2-3-9(7-13)12(10)15-11/h2-4H,5-8,13H2,1H3,(H,14,15). The molecule has 0 saturated carbocycles. The Morgan fingerprint density at radius 3 is 3.00 bits per heavy atom. The Balaban J connectivity index is 2.09. The first kappa shape index (κ1) is 12.0. The van der Waals surface area contributed by atoms with Crippen molar-refractivity contribution < 1.29 is 9.47 Å². The minimum absolute atomic E-state index is 0.460. The number of nitrogens with zero attached hydrogens (tertiary/aromatic N) is 1. The Hall–Kier alpha value is -1.43. The summed E-state index contributed by atoms with van der Waals surface area (Å²) in [5.74, 6) is 0.817. The first-order chi connectivity index (χ1) is 8.35. The average molecular weight is 235 g/mol. The van der Waals surface area contributed by atoms with Crippen molar-refractivity contribution in [2.45, 2.75) is 13.2 Å². The van der Waals surface area contributed by atoms with Crippen LogP contribution in [0.2, 0.25) is 0 Å². The predicted molar refractivity (Wildman–Crippen MR) is 65.5 cm³/mol. The second-order valence-corrected chi connectivity index (χ2v) is 3.75. The van der Waals surface area contributed by atoms with Gasteiger partial charge in [0.25, 0.3) is 0 Å². The summed E-state index contributed by atoms with van der Waals surface area (Å²) in [5.41, 5.74) is 8.64. The number of benzene rings is 1. The molecule has 0 unspecified atom stereocenters. The Kier molecular flexibility index (Phi) is 4.08. The van der Waals surface area contributed by atoms with Crippen molar-refractivity contribution in [2.24, 2.45) is 5.73 Å². The van der Waals surface area contributed by atoms with Gasteiger partial charge >= 0.3 is 0 Å². The summed E-state index contributed by atoms with van der Waals surface area (Å²) >= 11 is 0. The lowest BCUT2D eigenvalue weighted by Crippen LogP contribution is -2.02. The molecule has 1 heterocycles. The van der Waals surface area contributed by atoms with Gasteiger partial charge in [-0.1, -0.05) is 12.1 Å². The predicted octanol–water partition coefficient (Wildman–Crippen LogP) is 1.18. The van der Waals surface area contributed by atoms with Gasteiger partial charge in [0, 0.05) is 13.7 Å². The average Bonchev–Trinajstić information content (AvgIpc) is 2.77. The molecule has 5 heteroatoms. The summed E-state index contributed by atoms with van der Waals surface area (Å²) in [5, 5.41) is 0. The summed E-state index contributed by atoms with van der Waals surface area (Å²) in [6.07, 6.45) is 0. The summed E-state index contributed by atoms with van der Waals surface area (Å²) in [6.45, 7) is 2.11. The van der Waals surface area contributed by atoms with Crippen LogP contribution in [0, 0.1) is 0 Å². The molecule has 0 amide bonds. The third-order valence-electron chi connectivity index (χ3n) is 2.54. The van der Waals surface area contributed by atoms with Crippen molar-refractivity contribution in [1.29, 1.82) is 0 Å². The number of fused-ring (bicyclic) bond motifs is 1. The molecule has 0 spiro atoms. The molecule has 0 aliphatic heterocycles. The molecule has 1 aromatic heterocycles. The fourth-order valence-electron chi connectivity index (χ4n) is 1.69. The van der Waals surface area contributed by atoms with Crippen LogP contribution in [0.25, 0.3) is 11.0 Å². The van der Waals surface area contributed by atoms with E-state index in [9.17, 15) is 0 Å². The third kappa shape index (κ3) is 2.82. The van der Waals surface area contributed by atoms with Gasteiger partial charge in [0.2, 0.25) is 0 Å². The van der Waals surface area contributed by atoms with Gasteiger partial charge in [-0.25, -0.2) is 4.98 Å². The largest absolute Gasteiger partial charge is 0.382 e. The number of rotatable bonds is 6. The van der Waals surface area contributed by atoms with Crippen LogP contribution >= 0.6 is 0 Å². The van der Waals surface area contributed by atoms with Crippen LogP contribution in [-0.2, 0) is 22.6 Å². The van der Waals surface area contributed by atoms with Gasteiger partial charge in [-0.3, -0.25) is 0 Å². The van der Waals surface area contributed by atoms with E-state index in [0.717, 1.165) is 22.4 Å². The molecule has 0 aliphatic carbocycles. The molecule has 0 aliphatic rings. The lowest BCUT2D eigenvalue weighted by atomic mass is 10.2. The van der Waals surface area contributed by atoms with E-state index in [0.29, 0.717) is 26.4 Å². The zero-order valence-corrected chi connectivity index (χ0v) is 9.90. The maximum absolute atomic E-state index is 5.66. The molecule has 5 nitrogen and oxygen atoms in total. The van der Waals surface area contributed by atoms with E-state index in [1.165, 1.54) is 0 Å². The molecule has 1 aromatic carbocycles. The highest BCUT2D eigenvalue weighted by atomic mass is 16.5. The SMILES string of the molecule is COCCOCc1nc2c(CN)cccc2[nH]1. The molecular weight excluding hydrogens is 218 g/mol. The number of ether oxygens (including phenoxy) is 2. The van der Waals surface area contributed by atoms with E-state index in [1.807, 2.05) is 18.2 Å². The van der Waals surface area contributed by atoms with Gasteiger partial charge in [0.15, 0.2) is 0 Å². The normalized spacial score (nSPS) is 11.2. The number of methoxy groups -OCH3 is 1. The number of aromatic amines is 1. The smallest absolute Gasteiger partial charge is 0.133 e. The van der Waals surface area contributed by atoms with Crippen LogP contribution in [0.4, 0.5) is 0 Å². The second kappa shape index (κ2) is 5.77. The maximum Gasteiger partial charge on any atom is 0.133 e. The fraction of sp³-hybridized carbons (Fsp3) is 0.417. The van der Waals surface area contributed by atoms with Gasteiger partial charge in [-0.2, -0.15) is 0 Å². The van der Waals surface area contributed by atoms with E-state index in [2.05, 4.69) is 9.97 Å². The zero-order valence-electron chi connectivity index (χ0n) is 9.90. The van der Waals surface area contributed by atoms with Crippen molar-refractivity contribution in [3.05, 3.63) is 29.6 Å². The molecule has 92 valence electrons. The first-order valence-corrected chi connectivity index (χ1v) is 5.58. The number of hydrogen-bond donors (Lipinski definition) is 2. The Labute approximate surface area is 99.9 Å². The van der Waals surface area contributed by atoms with Crippen LogP contribution in [-0.4, -0.2) is 30.3 Å². The minimum atomic E-state index is 0.460. The maximum atomic E-state index is 5.66. The summed E-state index contributed by atoms with van der Waals surface area (Å²) in [6, 6.07) is 5.94. The topological polar surface area (TPSA) is 73.2 Å². The fourth-order valence-corrected chi connectivity index (χ4v) is 1.69. The third-order valence-corrected chi connectivity index (χ3v) is 2.54. The molecule has 0 radical (unpaired) electrons. The Morgan fingerprint density at radius 2 is 2.24 bits per heavy atom. The van der Waals surface area contributed by atoms with Crippen molar-refractivity contribution in [2.75, 3.05) is 20.3 Å². The van der Waals surface area contributed by atoms with E-state index < -0.39 is 0 Å². The Morgan fingerprint density at radius 1 is 1.35 bits per heavy atom. The zero-order chi connectivity index (χ0) is 12.1. The van der Waals surface area contributed by atoms with Gasteiger partial charge < -0.3 is 20.2 Å². The van der Waals surface area contributed by atoms with Crippen LogP contribution in [0.3, 0.4) is 0 Å². The summed E-state index contributed by atoms with van der Waals surface area (Å²) in [7, 11) is 1.65. The highest BCUT2D eigenvalue weighted by Crippen LogP contribution is 2.16. The summed E-state index contributed by atoms with van der Waals surface area (Å²) in [4.78, 5) is 7.69. The van der Waals surface area contributed by atoms with Crippen molar-refractivity contribution in [3.63, 3.8) is 0 Å². The molecule has 3 N–H and O–H groups in total. The molecule has 2 aromatic rings. The number of nitrogens with two attached hydrogens (primary N) is 1. The van der Waals surface area contributed by atoms with Crippen molar-refractivity contribution in [3.8, 4) is 0 Å². The van der Waals surface area contributed by atoms with E-state index >= 15 is 0 Å². The molecular formula is C12H17N3O2. The van der Waals surface area contributed by atoms with Crippen LogP contribution in [0.5, 0.6) is 0 Å². The lowest BCUT2D eigenvalue weighted by Gasteiger charge is -1.99.